The van der Waals surface area contributed by atoms with E-state index in [0.717, 1.165) is 23.8 Å². The van der Waals surface area contributed by atoms with E-state index < -0.39 is 5.63 Å². The van der Waals surface area contributed by atoms with Crippen molar-refractivity contribution in [3.05, 3.63) is 82.2 Å². The van der Waals surface area contributed by atoms with Gasteiger partial charge in [-0.15, -0.1) is 0 Å². The SMILES string of the molecule is O=C(C[C@@H](NC1CCCCC1)c1ccccc1)c1cc2ccccc2oc1=O. The second-order valence-electron chi connectivity index (χ2n) is 7.58. The van der Waals surface area contributed by atoms with Gasteiger partial charge in [0.25, 0.3) is 0 Å². The predicted octanol–water partition coefficient (Wildman–Crippen LogP) is 5.03. The van der Waals surface area contributed by atoms with Crippen molar-refractivity contribution < 1.29 is 9.21 Å². The number of ketones is 1. The fourth-order valence-electron chi connectivity index (χ4n) is 4.06. The monoisotopic (exact) mass is 375 g/mol. The minimum Gasteiger partial charge on any atom is -0.422 e. The number of benzene rings is 2. The van der Waals surface area contributed by atoms with Gasteiger partial charge < -0.3 is 9.73 Å². The lowest BCUT2D eigenvalue weighted by atomic mass is 9.92. The van der Waals surface area contributed by atoms with E-state index in [9.17, 15) is 9.59 Å². The van der Waals surface area contributed by atoms with Crippen LogP contribution < -0.4 is 10.9 Å². The van der Waals surface area contributed by atoms with Gasteiger partial charge in [-0.05, 0) is 30.5 Å². The number of para-hydroxylation sites is 1. The summed E-state index contributed by atoms with van der Waals surface area (Å²) in [4.78, 5) is 25.4. The number of nitrogens with one attached hydrogen (secondary N) is 1. The molecule has 28 heavy (non-hydrogen) atoms. The molecule has 1 aliphatic rings. The average Bonchev–Trinajstić information content (AvgIpc) is 2.74. The Morgan fingerprint density at radius 2 is 1.71 bits per heavy atom. The van der Waals surface area contributed by atoms with Crippen LogP contribution in [0.2, 0.25) is 0 Å². The third-order valence-electron chi connectivity index (χ3n) is 5.58. The van der Waals surface area contributed by atoms with Crippen LogP contribution in [0, 0.1) is 0 Å². The molecule has 4 nitrogen and oxygen atoms in total. The molecule has 144 valence electrons. The molecule has 1 N–H and O–H groups in total. The molecule has 0 radical (unpaired) electrons. The number of fused-ring (bicyclic) bond motifs is 1. The summed E-state index contributed by atoms with van der Waals surface area (Å²) in [5.74, 6) is -0.184. The summed E-state index contributed by atoms with van der Waals surface area (Å²) in [5, 5.41) is 4.44. The molecule has 1 saturated carbocycles. The lowest BCUT2D eigenvalue weighted by Gasteiger charge is -2.28. The van der Waals surface area contributed by atoms with E-state index in [2.05, 4.69) is 5.32 Å². The van der Waals surface area contributed by atoms with Gasteiger partial charge >= 0.3 is 5.63 Å². The number of carbonyl (C=O) groups is 1. The zero-order valence-corrected chi connectivity index (χ0v) is 15.9. The maximum Gasteiger partial charge on any atom is 0.347 e. The Bertz CT molecular complexity index is 1000. The van der Waals surface area contributed by atoms with Gasteiger partial charge in [-0.1, -0.05) is 67.8 Å². The van der Waals surface area contributed by atoms with Crippen molar-refractivity contribution in [2.75, 3.05) is 0 Å². The van der Waals surface area contributed by atoms with Gasteiger partial charge in [-0.3, -0.25) is 4.79 Å². The topological polar surface area (TPSA) is 59.3 Å². The first-order valence-corrected chi connectivity index (χ1v) is 10.1. The Morgan fingerprint density at radius 1 is 1.00 bits per heavy atom. The Balaban J connectivity index is 1.59. The smallest absolute Gasteiger partial charge is 0.347 e. The molecule has 0 aliphatic heterocycles. The molecule has 3 aromatic rings. The molecule has 0 spiro atoms. The van der Waals surface area contributed by atoms with E-state index in [-0.39, 0.29) is 23.8 Å². The van der Waals surface area contributed by atoms with Crippen molar-refractivity contribution in [1.82, 2.24) is 5.32 Å². The van der Waals surface area contributed by atoms with E-state index in [0.29, 0.717) is 11.6 Å². The molecule has 1 fully saturated rings. The molecule has 0 amide bonds. The van der Waals surface area contributed by atoms with Crippen molar-refractivity contribution in [2.24, 2.45) is 0 Å². The predicted molar refractivity (Wildman–Crippen MR) is 111 cm³/mol. The van der Waals surface area contributed by atoms with Crippen LogP contribution in [0.1, 0.15) is 60.5 Å². The van der Waals surface area contributed by atoms with Gasteiger partial charge in [0, 0.05) is 23.9 Å². The van der Waals surface area contributed by atoms with Crippen LogP contribution in [-0.2, 0) is 0 Å². The van der Waals surface area contributed by atoms with Crippen LogP contribution in [-0.4, -0.2) is 11.8 Å². The molecule has 1 heterocycles. The summed E-state index contributed by atoms with van der Waals surface area (Å²) >= 11 is 0. The van der Waals surface area contributed by atoms with E-state index >= 15 is 0 Å². The maximum absolute atomic E-state index is 13.0. The van der Waals surface area contributed by atoms with Crippen molar-refractivity contribution >= 4 is 16.8 Å². The molecule has 0 unspecified atom stereocenters. The molecule has 1 atom stereocenters. The first kappa shape index (κ1) is 18.6. The molecule has 0 saturated heterocycles. The van der Waals surface area contributed by atoms with Gasteiger partial charge in [-0.2, -0.15) is 0 Å². The summed E-state index contributed by atoms with van der Waals surface area (Å²) < 4.78 is 5.35. The summed E-state index contributed by atoms with van der Waals surface area (Å²) in [6.07, 6.45) is 6.24. The number of carbonyl (C=O) groups excluding carboxylic acids is 1. The van der Waals surface area contributed by atoms with Crippen LogP contribution in [0.15, 0.2) is 69.9 Å². The van der Waals surface area contributed by atoms with Crippen LogP contribution in [0.3, 0.4) is 0 Å². The molecule has 0 bridgehead atoms. The molecule has 4 heteroatoms. The highest BCUT2D eigenvalue weighted by Gasteiger charge is 2.23. The summed E-state index contributed by atoms with van der Waals surface area (Å²) in [6.45, 7) is 0. The normalized spacial score (nSPS) is 16.1. The van der Waals surface area contributed by atoms with Crippen molar-refractivity contribution in [3.8, 4) is 0 Å². The van der Waals surface area contributed by atoms with E-state index in [1.54, 1.807) is 12.1 Å². The summed E-state index contributed by atoms with van der Waals surface area (Å²) in [7, 11) is 0. The lowest BCUT2D eigenvalue weighted by molar-refractivity contribution is 0.0961. The highest BCUT2D eigenvalue weighted by Crippen LogP contribution is 2.25. The molecular weight excluding hydrogens is 350 g/mol. The molecule has 1 aromatic heterocycles. The zero-order chi connectivity index (χ0) is 19.3. The highest BCUT2D eigenvalue weighted by molar-refractivity contribution is 5.98. The third kappa shape index (κ3) is 4.23. The summed E-state index contributed by atoms with van der Waals surface area (Å²) in [5.41, 5.74) is 1.15. The number of hydrogen-bond acceptors (Lipinski definition) is 4. The highest BCUT2D eigenvalue weighted by atomic mass is 16.4. The average molecular weight is 375 g/mol. The fraction of sp³-hybridized carbons (Fsp3) is 0.333. The van der Waals surface area contributed by atoms with Crippen molar-refractivity contribution in [3.63, 3.8) is 0 Å². The quantitative estimate of drug-likeness (QED) is 0.485. The number of Topliss-reactive ketones (excluding diaryl/α,β-unsaturated/α-hetero) is 1. The van der Waals surface area contributed by atoms with Gasteiger partial charge in [0.2, 0.25) is 0 Å². The third-order valence-corrected chi connectivity index (χ3v) is 5.58. The number of hydrogen-bond donors (Lipinski definition) is 1. The second kappa shape index (κ2) is 8.53. The van der Waals surface area contributed by atoms with E-state index in [4.69, 9.17) is 4.42 Å². The number of rotatable bonds is 6. The fourth-order valence-corrected chi connectivity index (χ4v) is 4.06. The standard InChI is InChI=1S/C24H25NO3/c26-22(20-15-18-11-7-8-14-23(18)28-24(20)27)16-21(17-9-3-1-4-10-17)25-19-12-5-2-6-13-19/h1,3-4,7-11,14-15,19,21,25H,2,5-6,12-13,16H2/t21-/m1/s1. The minimum atomic E-state index is -0.562. The second-order valence-corrected chi connectivity index (χ2v) is 7.58. The lowest BCUT2D eigenvalue weighted by Crippen LogP contribution is -2.36. The molecule has 4 rings (SSSR count). The maximum atomic E-state index is 13.0. The Morgan fingerprint density at radius 3 is 2.50 bits per heavy atom. The van der Waals surface area contributed by atoms with Gasteiger partial charge in [0.05, 0.1) is 0 Å². The summed E-state index contributed by atoms with van der Waals surface area (Å²) in [6, 6.07) is 19.3. The van der Waals surface area contributed by atoms with Crippen molar-refractivity contribution in [1.29, 1.82) is 0 Å². The van der Waals surface area contributed by atoms with Crippen molar-refractivity contribution in [2.45, 2.75) is 50.6 Å². The minimum absolute atomic E-state index is 0.109. The van der Waals surface area contributed by atoms with Gasteiger partial charge in [-0.25, -0.2) is 4.79 Å². The van der Waals surface area contributed by atoms with E-state index in [1.165, 1.54) is 19.3 Å². The Hall–Kier alpha value is -2.72. The Labute approximate surface area is 164 Å². The van der Waals surface area contributed by atoms with Crippen LogP contribution in [0.4, 0.5) is 0 Å². The first-order chi connectivity index (χ1) is 13.7. The molecule has 2 aromatic carbocycles. The molecule has 1 aliphatic carbocycles. The van der Waals surface area contributed by atoms with Crippen LogP contribution in [0.5, 0.6) is 0 Å². The Kier molecular flexibility index (Phi) is 5.68. The van der Waals surface area contributed by atoms with E-state index in [1.807, 2.05) is 48.5 Å². The van der Waals surface area contributed by atoms with Gasteiger partial charge in [0.1, 0.15) is 11.1 Å². The van der Waals surface area contributed by atoms with Crippen LogP contribution in [0.25, 0.3) is 11.0 Å². The first-order valence-electron chi connectivity index (χ1n) is 10.1. The largest absolute Gasteiger partial charge is 0.422 e. The zero-order valence-electron chi connectivity index (χ0n) is 15.9. The van der Waals surface area contributed by atoms with Crippen LogP contribution >= 0.6 is 0 Å². The van der Waals surface area contributed by atoms with Gasteiger partial charge in [0.15, 0.2) is 5.78 Å². The molecular formula is C24H25NO3.